The van der Waals surface area contributed by atoms with E-state index in [9.17, 15) is 28.8 Å². The lowest BCUT2D eigenvalue weighted by molar-refractivity contribution is -0.139. The average molecular weight is 1290 g/mol. The summed E-state index contributed by atoms with van der Waals surface area (Å²) in [6, 6.07) is 12.1. The number of esters is 6. The molecule has 0 aromatic heterocycles. The number of benzene rings is 3. The lowest BCUT2D eigenvalue weighted by Crippen LogP contribution is -2.16. The van der Waals surface area contributed by atoms with Crippen molar-refractivity contribution in [3.05, 3.63) is 159 Å². The van der Waals surface area contributed by atoms with Gasteiger partial charge in [0.2, 0.25) is 0 Å². The molecule has 16 nitrogen and oxygen atoms in total. The molecule has 0 heterocycles. The monoisotopic (exact) mass is 1290 g/mol. The fourth-order valence-corrected chi connectivity index (χ4v) is 11.3. The fourth-order valence-electron chi connectivity index (χ4n) is 9.86. The summed E-state index contributed by atoms with van der Waals surface area (Å²) in [6.45, 7) is 45.1. The Morgan fingerprint density at radius 2 is 0.500 bits per heavy atom. The van der Waals surface area contributed by atoms with Crippen molar-refractivity contribution in [3.8, 4) is 17.2 Å². The van der Waals surface area contributed by atoms with E-state index in [1.54, 1.807) is 41.5 Å². The Hall–Kier alpha value is -7.45. The molecule has 0 unspecified atom stereocenters. The summed E-state index contributed by atoms with van der Waals surface area (Å²) in [7, 11) is -5.04. The van der Waals surface area contributed by atoms with Crippen molar-refractivity contribution in [1.29, 1.82) is 0 Å². The molecule has 0 N–H and O–H groups in total. The van der Waals surface area contributed by atoms with Crippen LogP contribution in [0.5, 0.6) is 17.2 Å². The van der Waals surface area contributed by atoms with Crippen molar-refractivity contribution in [2.75, 3.05) is 39.6 Å². The summed E-state index contributed by atoms with van der Waals surface area (Å²) in [5.41, 5.74) is 9.00. The van der Waals surface area contributed by atoms with Gasteiger partial charge in [-0.25, -0.2) is 28.8 Å². The zero-order valence-electron chi connectivity index (χ0n) is 57.4. The molecule has 92 heavy (non-hydrogen) atoms. The number of carbonyl (C=O) groups excluding carboxylic acids is 6. The third-order valence-electron chi connectivity index (χ3n) is 15.1. The molecule has 0 aliphatic rings. The number of ether oxygens (including phenoxy) is 6. The maximum Gasteiger partial charge on any atom is 0.647 e. The summed E-state index contributed by atoms with van der Waals surface area (Å²) in [6.07, 6.45) is 9.35. The van der Waals surface area contributed by atoms with Gasteiger partial charge in [0.25, 0.3) is 0 Å². The highest BCUT2D eigenvalue weighted by molar-refractivity contribution is 7.49. The maximum absolute atomic E-state index is 17.4. The van der Waals surface area contributed by atoms with Gasteiger partial charge in [0.15, 0.2) is 0 Å². The Balaban J connectivity index is 2.54. The van der Waals surface area contributed by atoms with Gasteiger partial charge in [-0.05, 0) is 225 Å². The second-order valence-corrected chi connectivity index (χ2v) is 26.2. The van der Waals surface area contributed by atoms with Crippen molar-refractivity contribution < 1.29 is 75.3 Å². The molecule has 3 aromatic carbocycles. The minimum absolute atomic E-state index is 0.139. The van der Waals surface area contributed by atoms with E-state index in [-0.39, 0.29) is 74.1 Å². The molecular formula is C75H105O16P. The second-order valence-electron chi connectivity index (χ2n) is 24.8. The van der Waals surface area contributed by atoms with Crippen molar-refractivity contribution in [2.24, 2.45) is 0 Å². The molecule has 0 spiro atoms. The first-order valence-corrected chi connectivity index (χ1v) is 34.0. The molecule has 0 saturated carbocycles. The van der Waals surface area contributed by atoms with Crippen LogP contribution in [-0.4, -0.2) is 75.5 Å². The molecule has 3 aromatic rings. The van der Waals surface area contributed by atoms with Gasteiger partial charge in [0, 0.05) is 33.4 Å². The van der Waals surface area contributed by atoms with E-state index in [1.165, 1.54) is 0 Å². The molecule has 3 rings (SSSR count). The number of carbonyl (C=O) groups is 6. The predicted molar refractivity (Wildman–Crippen MR) is 363 cm³/mol. The molecule has 0 fully saturated rings. The van der Waals surface area contributed by atoms with E-state index < -0.39 is 43.6 Å². The fraction of sp³-hybridized carbons (Fsp3) is 0.520. The number of aryl methyl sites for hydroxylation is 3. The van der Waals surface area contributed by atoms with Gasteiger partial charge in [0.05, 0.1) is 39.6 Å². The van der Waals surface area contributed by atoms with Crippen LogP contribution < -0.4 is 13.6 Å². The van der Waals surface area contributed by atoms with Crippen molar-refractivity contribution in [2.45, 2.75) is 216 Å². The first-order chi connectivity index (χ1) is 43.5. The smallest absolute Gasteiger partial charge is 0.462 e. The zero-order chi connectivity index (χ0) is 68.7. The topological polar surface area (TPSA) is 203 Å². The van der Waals surface area contributed by atoms with Crippen LogP contribution in [0, 0.1) is 0 Å². The lowest BCUT2D eigenvalue weighted by atomic mass is 9.91. The van der Waals surface area contributed by atoms with Crippen LogP contribution in [0.15, 0.2) is 109 Å². The number of phosphoric acid groups is 1. The average Bonchev–Trinajstić information content (AvgIpc) is 0.779. The normalized spacial score (nSPS) is 11.2. The summed E-state index contributed by atoms with van der Waals surface area (Å²) >= 11 is 0. The standard InChI is InChI=1S/C75H105O16P/c1-49(2)61-40-37-58(31-19-25-43-83-70(76)52(7)8)64(34-22-28-46-86-73(79)55(13)14)67(61)89-92(82,90-68-62(50(3)4)41-38-59(32-20-26-44-84-71(77)53(9)10)65(68)35-23-29-47-87-74(80)56(15)16)91-69-63(51(5)6)42-39-60(33-21-27-45-85-72(78)54(11)12)66(69)36-24-30-48-88-75(81)57(17)18/h37-42,49-51H,7,9,11,13,15,17,19-36,43-48H2,1-6,8,10,12,14,16,18H3. The van der Waals surface area contributed by atoms with Gasteiger partial charge >= 0.3 is 43.6 Å². The first-order valence-electron chi connectivity index (χ1n) is 32.6. The van der Waals surface area contributed by atoms with Crippen LogP contribution in [0.2, 0.25) is 0 Å². The van der Waals surface area contributed by atoms with Gasteiger partial charge in [-0.15, -0.1) is 0 Å². The van der Waals surface area contributed by atoms with Crippen molar-refractivity contribution in [3.63, 3.8) is 0 Å². The van der Waals surface area contributed by atoms with E-state index in [0.29, 0.717) is 150 Å². The van der Waals surface area contributed by atoms with Crippen LogP contribution >= 0.6 is 7.82 Å². The molecular weight excluding hydrogens is 1190 g/mol. The molecule has 0 saturated heterocycles. The molecule has 17 heteroatoms. The molecule has 0 radical (unpaired) electrons. The van der Waals surface area contributed by atoms with Crippen LogP contribution in [0.4, 0.5) is 0 Å². The van der Waals surface area contributed by atoms with E-state index in [1.807, 2.05) is 59.7 Å². The number of unbranched alkanes of at least 4 members (excludes halogenated alkanes) is 6. The molecule has 0 aliphatic carbocycles. The van der Waals surface area contributed by atoms with E-state index in [2.05, 4.69) is 57.7 Å². The quantitative estimate of drug-likeness (QED) is 0.0170. The molecule has 0 bridgehead atoms. The van der Waals surface area contributed by atoms with Gasteiger partial charge in [-0.1, -0.05) is 117 Å². The van der Waals surface area contributed by atoms with Crippen LogP contribution in [-0.2, 0) is 100 Å². The Bertz CT molecular complexity index is 2810. The van der Waals surface area contributed by atoms with Crippen LogP contribution in [0.1, 0.15) is 228 Å². The Morgan fingerprint density at radius 1 is 0.315 bits per heavy atom. The highest BCUT2D eigenvalue weighted by Gasteiger charge is 2.40. The summed E-state index contributed by atoms with van der Waals surface area (Å²) < 4.78 is 72.5. The predicted octanol–water partition coefficient (Wildman–Crippen LogP) is 17.4. The Morgan fingerprint density at radius 3 is 0.674 bits per heavy atom. The zero-order valence-corrected chi connectivity index (χ0v) is 58.3. The summed E-state index contributed by atoms with van der Waals surface area (Å²) in [4.78, 5) is 74.7. The minimum atomic E-state index is -5.04. The van der Waals surface area contributed by atoms with Gasteiger partial charge in [0.1, 0.15) is 17.2 Å². The minimum Gasteiger partial charge on any atom is -0.462 e. The van der Waals surface area contributed by atoms with Gasteiger partial charge in [-0.2, -0.15) is 4.57 Å². The SMILES string of the molecule is C=C(C)C(=O)OCCCCc1ccc(C(C)C)c(OP(=O)(Oc2c(C(C)C)ccc(CCCCOC(=O)C(=C)C)c2CCCCOC(=O)C(=C)C)Oc2c(C(C)C)ccc(CCCCOC(=O)C(=C)C)c2CCCCOC(=O)C(=C)C)c1CCCCOC(=O)C(=C)C. The molecule has 0 atom stereocenters. The lowest BCUT2D eigenvalue weighted by Gasteiger charge is -2.29. The number of hydrogen-bond acceptors (Lipinski definition) is 16. The number of rotatable bonds is 45. The summed E-state index contributed by atoms with van der Waals surface area (Å²) in [5.74, 6) is -2.42. The summed E-state index contributed by atoms with van der Waals surface area (Å²) in [5, 5.41) is 0. The third kappa shape index (κ3) is 27.0. The van der Waals surface area contributed by atoms with E-state index in [4.69, 9.17) is 42.0 Å². The van der Waals surface area contributed by atoms with Crippen molar-refractivity contribution in [1.82, 2.24) is 0 Å². The Labute approximate surface area is 549 Å². The highest BCUT2D eigenvalue weighted by atomic mass is 31.2. The number of phosphoric ester groups is 1. The second kappa shape index (κ2) is 40.5. The molecule has 0 amide bonds. The first kappa shape index (κ1) is 78.8. The van der Waals surface area contributed by atoms with Gasteiger partial charge < -0.3 is 42.0 Å². The van der Waals surface area contributed by atoms with E-state index in [0.717, 1.165) is 50.1 Å². The maximum atomic E-state index is 17.4. The van der Waals surface area contributed by atoms with Crippen molar-refractivity contribution >= 4 is 43.6 Å². The largest absolute Gasteiger partial charge is 0.647 e. The van der Waals surface area contributed by atoms with Gasteiger partial charge in [-0.3, -0.25) is 0 Å². The van der Waals surface area contributed by atoms with E-state index >= 15 is 4.57 Å². The number of hydrogen-bond donors (Lipinski definition) is 0. The van der Waals surface area contributed by atoms with Crippen LogP contribution in [0.25, 0.3) is 0 Å². The van der Waals surface area contributed by atoms with Crippen LogP contribution in [0.3, 0.4) is 0 Å². The molecule has 506 valence electrons. The highest BCUT2D eigenvalue weighted by Crippen LogP contribution is 2.56. The Kier molecular flexibility index (Phi) is 34.7. The molecule has 0 aliphatic heterocycles. The third-order valence-corrected chi connectivity index (χ3v) is 16.3.